The molecule has 0 radical (unpaired) electrons. The number of hydrogen-bond donors (Lipinski definition) is 1. The number of aryl methyl sites for hydroxylation is 1. The summed E-state index contributed by atoms with van der Waals surface area (Å²) < 4.78 is 1.88. The lowest BCUT2D eigenvalue weighted by molar-refractivity contribution is 0.418. The monoisotopic (exact) mass is 223 g/mol. The van der Waals surface area contributed by atoms with E-state index in [1.165, 1.54) is 18.4 Å². The van der Waals surface area contributed by atoms with Crippen molar-refractivity contribution >= 4 is 0 Å². The number of aromatic nitrogens is 2. The topological polar surface area (TPSA) is 29.9 Å². The van der Waals surface area contributed by atoms with Gasteiger partial charge in [0.25, 0.3) is 0 Å². The van der Waals surface area contributed by atoms with E-state index in [1.54, 1.807) is 0 Å². The lowest BCUT2D eigenvalue weighted by Crippen LogP contribution is -2.29. The lowest BCUT2D eigenvalue weighted by Gasteiger charge is -2.17. The van der Waals surface area contributed by atoms with Crippen molar-refractivity contribution in [1.29, 1.82) is 0 Å². The van der Waals surface area contributed by atoms with Gasteiger partial charge in [0, 0.05) is 19.3 Å². The third-order valence-electron chi connectivity index (χ3n) is 2.79. The summed E-state index contributed by atoms with van der Waals surface area (Å²) in [5.41, 5.74) is 1.35. The first-order valence-electron chi connectivity index (χ1n) is 6.32. The molecule has 0 bridgehead atoms. The highest BCUT2D eigenvalue weighted by Gasteiger charge is 2.10. The van der Waals surface area contributed by atoms with Crippen molar-refractivity contribution < 1.29 is 0 Å². The van der Waals surface area contributed by atoms with Gasteiger partial charge in [0.15, 0.2) is 0 Å². The number of hydrogen-bond acceptors (Lipinski definition) is 2. The van der Waals surface area contributed by atoms with Crippen molar-refractivity contribution in [3.8, 4) is 0 Å². The first-order chi connectivity index (χ1) is 7.61. The average Bonchev–Trinajstić information content (AvgIpc) is 2.61. The maximum absolute atomic E-state index is 4.22. The van der Waals surface area contributed by atoms with E-state index in [1.807, 2.05) is 17.9 Å². The molecular formula is C13H25N3. The summed E-state index contributed by atoms with van der Waals surface area (Å²) in [5.74, 6) is 0.733. The van der Waals surface area contributed by atoms with Gasteiger partial charge in [-0.2, -0.15) is 5.10 Å². The third-order valence-corrected chi connectivity index (χ3v) is 2.79. The van der Waals surface area contributed by atoms with E-state index in [2.05, 4.69) is 37.4 Å². The quantitative estimate of drug-likeness (QED) is 0.769. The van der Waals surface area contributed by atoms with E-state index in [9.17, 15) is 0 Å². The van der Waals surface area contributed by atoms with E-state index < -0.39 is 0 Å². The predicted octanol–water partition coefficient (Wildman–Crippen LogP) is 2.38. The molecule has 0 spiro atoms. The lowest BCUT2D eigenvalue weighted by atomic mass is 9.96. The van der Waals surface area contributed by atoms with Gasteiger partial charge in [-0.1, -0.05) is 27.2 Å². The van der Waals surface area contributed by atoms with Crippen LogP contribution in [-0.2, 0) is 13.5 Å². The van der Waals surface area contributed by atoms with Gasteiger partial charge in [-0.15, -0.1) is 0 Å². The molecular weight excluding hydrogens is 198 g/mol. The van der Waals surface area contributed by atoms with Gasteiger partial charge in [0.05, 0.1) is 6.20 Å². The van der Waals surface area contributed by atoms with Crippen molar-refractivity contribution in [2.45, 2.75) is 46.1 Å². The Morgan fingerprint density at radius 1 is 1.44 bits per heavy atom. The molecule has 3 nitrogen and oxygen atoms in total. The predicted molar refractivity (Wildman–Crippen MR) is 68.4 cm³/mol. The van der Waals surface area contributed by atoms with E-state index in [4.69, 9.17) is 0 Å². The van der Waals surface area contributed by atoms with Crippen LogP contribution in [0.15, 0.2) is 12.4 Å². The van der Waals surface area contributed by atoms with Gasteiger partial charge in [-0.3, -0.25) is 4.68 Å². The molecule has 0 aliphatic rings. The van der Waals surface area contributed by atoms with Crippen LogP contribution in [0.25, 0.3) is 0 Å². The zero-order valence-electron chi connectivity index (χ0n) is 11.0. The Bertz CT molecular complexity index is 291. The van der Waals surface area contributed by atoms with Crippen molar-refractivity contribution in [2.24, 2.45) is 13.0 Å². The highest BCUT2D eigenvalue weighted by molar-refractivity contribution is 5.04. The van der Waals surface area contributed by atoms with Crippen LogP contribution in [0.1, 0.15) is 39.2 Å². The molecule has 16 heavy (non-hydrogen) atoms. The molecule has 0 saturated carbocycles. The SMILES string of the molecule is CCCC(CNC(C)C)Cc1cnn(C)c1. The normalized spacial score (nSPS) is 13.3. The molecule has 0 aromatic carbocycles. The molecule has 92 valence electrons. The highest BCUT2D eigenvalue weighted by atomic mass is 15.2. The molecule has 0 aliphatic heterocycles. The van der Waals surface area contributed by atoms with Crippen LogP contribution in [0.2, 0.25) is 0 Å². The zero-order valence-corrected chi connectivity index (χ0v) is 11.0. The fourth-order valence-electron chi connectivity index (χ4n) is 2.00. The number of nitrogens with zero attached hydrogens (tertiary/aromatic N) is 2. The van der Waals surface area contributed by atoms with E-state index in [0.717, 1.165) is 18.9 Å². The molecule has 3 heteroatoms. The molecule has 0 aliphatic carbocycles. The minimum atomic E-state index is 0.577. The van der Waals surface area contributed by atoms with Crippen molar-refractivity contribution in [3.05, 3.63) is 18.0 Å². The maximum Gasteiger partial charge on any atom is 0.0521 e. The first-order valence-corrected chi connectivity index (χ1v) is 6.32. The summed E-state index contributed by atoms with van der Waals surface area (Å²) in [6, 6.07) is 0.577. The van der Waals surface area contributed by atoms with E-state index in [0.29, 0.717) is 6.04 Å². The molecule has 1 heterocycles. The summed E-state index contributed by atoms with van der Waals surface area (Å²) in [4.78, 5) is 0. The van der Waals surface area contributed by atoms with E-state index >= 15 is 0 Å². The molecule has 1 atom stereocenters. The Balaban J connectivity index is 2.43. The first kappa shape index (κ1) is 13.2. The second-order valence-corrected chi connectivity index (χ2v) is 4.94. The Kier molecular flexibility index (Phi) is 5.53. The second kappa shape index (κ2) is 6.69. The fraction of sp³-hybridized carbons (Fsp3) is 0.769. The van der Waals surface area contributed by atoms with Crippen molar-refractivity contribution in [3.63, 3.8) is 0 Å². The van der Waals surface area contributed by atoms with Crippen LogP contribution in [-0.4, -0.2) is 22.4 Å². The summed E-state index contributed by atoms with van der Waals surface area (Å²) in [6.07, 6.45) is 7.79. The Hall–Kier alpha value is -0.830. The van der Waals surface area contributed by atoms with Crippen molar-refractivity contribution in [1.82, 2.24) is 15.1 Å². The van der Waals surface area contributed by atoms with E-state index in [-0.39, 0.29) is 0 Å². The second-order valence-electron chi connectivity index (χ2n) is 4.94. The van der Waals surface area contributed by atoms with Gasteiger partial charge in [-0.05, 0) is 30.9 Å². The Labute approximate surface area is 99.2 Å². The van der Waals surface area contributed by atoms with Crippen LogP contribution >= 0.6 is 0 Å². The van der Waals surface area contributed by atoms with Gasteiger partial charge >= 0.3 is 0 Å². The fourth-order valence-corrected chi connectivity index (χ4v) is 2.00. The molecule has 0 saturated heterocycles. The summed E-state index contributed by atoms with van der Waals surface area (Å²) in [7, 11) is 1.98. The third kappa shape index (κ3) is 4.79. The number of nitrogens with one attached hydrogen (secondary N) is 1. The molecule has 1 N–H and O–H groups in total. The zero-order chi connectivity index (χ0) is 12.0. The van der Waals surface area contributed by atoms with Crippen LogP contribution < -0.4 is 5.32 Å². The molecule has 1 unspecified atom stereocenters. The minimum Gasteiger partial charge on any atom is -0.314 e. The van der Waals surface area contributed by atoms with Crippen LogP contribution in [0.5, 0.6) is 0 Å². The molecule has 0 fully saturated rings. The van der Waals surface area contributed by atoms with Crippen LogP contribution in [0.3, 0.4) is 0 Å². The largest absolute Gasteiger partial charge is 0.314 e. The molecule has 1 rings (SSSR count). The average molecular weight is 223 g/mol. The smallest absolute Gasteiger partial charge is 0.0521 e. The molecule has 1 aromatic heterocycles. The maximum atomic E-state index is 4.22. The Morgan fingerprint density at radius 3 is 2.69 bits per heavy atom. The number of rotatable bonds is 7. The minimum absolute atomic E-state index is 0.577. The van der Waals surface area contributed by atoms with Gasteiger partial charge in [0.1, 0.15) is 0 Å². The van der Waals surface area contributed by atoms with Crippen LogP contribution in [0, 0.1) is 5.92 Å². The van der Waals surface area contributed by atoms with Crippen molar-refractivity contribution in [2.75, 3.05) is 6.54 Å². The van der Waals surface area contributed by atoms with Crippen LogP contribution in [0.4, 0.5) is 0 Å². The molecule has 0 amide bonds. The summed E-state index contributed by atoms with van der Waals surface area (Å²) >= 11 is 0. The van der Waals surface area contributed by atoms with Gasteiger partial charge in [0.2, 0.25) is 0 Å². The van der Waals surface area contributed by atoms with Gasteiger partial charge in [-0.25, -0.2) is 0 Å². The standard InChI is InChI=1S/C13H25N3/c1-5-6-12(8-14-11(2)3)7-13-9-15-16(4)10-13/h9-12,14H,5-8H2,1-4H3. The summed E-state index contributed by atoms with van der Waals surface area (Å²) in [5, 5.41) is 7.75. The van der Waals surface area contributed by atoms with Gasteiger partial charge < -0.3 is 5.32 Å². The summed E-state index contributed by atoms with van der Waals surface area (Å²) in [6.45, 7) is 7.77. The highest BCUT2D eigenvalue weighted by Crippen LogP contribution is 2.13. The molecule has 1 aromatic rings. The Morgan fingerprint density at radius 2 is 2.19 bits per heavy atom.